The van der Waals surface area contributed by atoms with Gasteiger partial charge in [-0.25, -0.2) is 5.01 Å². The van der Waals surface area contributed by atoms with Gasteiger partial charge in [-0.2, -0.15) is 5.10 Å². The molecule has 28 heavy (non-hydrogen) atoms. The molecule has 0 fully saturated rings. The van der Waals surface area contributed by atoms with Gasteiger partial charge in [-0.15, -0.1) is 0 Å². The Morgan fingerprint density at radius 2 is 1.75 bits per heavy atom. The molecule has 2 aromatic rings. The molecule has 0 atom stereocenters. The van der Waals surface area contributed by atoms with Gasteiger partial charge in [0.1, 0.15) is 5.71 Å². The molecule has 1 aliphatic rings. The summed E-state index contributed by atoms with van der Waals surface area (Å²) >= 11 is 0. The highest BCUT2D eigenvalue weighted by atomic mass is 16.2. The quantitative estimate of drug-likeness (QED) is 0.718. The van der Waals surface area contributed by atoms with E-state index in [2.05, 4.69) is 34.4 Å². The van der Waals surface area contributed by atoms with Crippen LogP contribution in [0.25, 0.3) is 0 Å². The molecule has 0 aromatic heterocycles. The van der Waals surface area contributed by atoms with Crippen molar-refractivity contribution in [2.75, 3.05) is 29.5 Å². The molecule has 0 radical (unpaired) electrons. The van der Waals surface area contributed by atoms with Gasteiger partial charge in [-0.3, -0.25) is 9.59 Å². The first kappa shape index (κ1) is 19.6. The van der Waals surface area contributed by atoms with Crippen LogP contribution < -0.4 is 15.2 Å². The first-order chi connectivity index (χ1) is 13.7. The molecule has 6 nitrogen and oxygen atoms in total. The normalized spacial score (nSPS) is 13.8. The Hall–Kier alpha value is -3.15. The van der Waals surface area contributed by atoms with Crippen LogP contribution in [0, 0.1) is 0 Å². The lowest BCUT2D eigenvalue weighted by atomic mass is 10.1. The van der Waals surface area contributed by atoms with E-state index in [0.29, 0.717) is 30.8 Å². The fourth-order valence-electron chi connectivity index (χ4n) is 3.17. The molecule has 1 N–H and O–H groups in total. The third-order valence-corrected chi connectivity index (χ3v) is 4.69. The zero-order valence-corrected chi connectivity index (χ0v) is 16.2. The number of amides is 2. The van der Waals surface area contributed by atoms with Crippen molar-refractivity contribution in [1.82, 2.24) is 5.32 Å². The fraction of sp³-hybridized carbons (Fsp3) is 0.318. The summed E-state index contributed by atoms with van der Waals surface area (Å²) in [5.74, 6) is -0.291. The third kappa shape index (κ3) is 4.97. The number of benzene rings is 2. The molecule has 0 saturated heterocycles. The fourth-order valence-corrected chi connectivity index (χ4v) is 3.17. The van der Waals surface area contributed by atoms with Crippen LogP contribution in [0.3, 0.4) is 0 Å². The van der Waals surface area contributed by atoms with Gasteiger partial charge in [0.05, 0.1) is 5.69 Å². The monoisotopic (exact) mass is 378 g/mol. The van der Waals surface area contributed by atoms with E-state index in [4.69, 9.17) is 0 Å². The molecule has 0 aliphatic carbocycles. The van der Waals surface area contributed by atoms with Gasteiger partial charge in [0.15, 0.2) is 0 Å². The van der Waals surface area contributed by atoms with Crippen LogP contribution in [0.4, 0.5) is 11.4 Å². The van der Waals surface area contributed by atoms with Crippen LogP contribution in [0.5, 0.6) is 0 Å². The lowest BCUT2D eigenvalue weighted by Gasteiger charge is -2.24. The molecule has 2 aromatic carbocycles. The Morgan fingerprint density at radius 1 is 1.07 bits per heavy atom. The number of anilines is 2. The molecule has 3 rings (SSSR count). The number of para-hydroxylation sites is 2. The minimum atomic E-state index is -0.198. The summed E-state index contributed by atoms with van der Waals surface area (Å²) in [6.45, 7) is 4.47. The summed E-state index contributed by atoms with van der Waals surface area (Å²) in [4.78, 5) is 26.9. The van der Waals surface area contributed by atoms with E-state index in [9.17, 15) is 9.59 Å². The second-order valence-electron chi connectivity index (χ2n) is 6.61. The smallest absolute Gasteiger partial charge is 0.267 e. The Kier molecular flexibility index (Phi) is 6.78. The number of hydrogen-bond donors (Lipinski definition) is 1. The first-order valence-electron chi connectivity index (χ1n) is 9.72. The van der Waals surface area contributed by atoms with Crippen LogP contribution >= 0.6 is 0 Å². The number of rotatable bonds is 8. The number of hydrazone groups is 1. The predicted octanol–water partition coefficient (Wildman–Crippen LogP) is 3.20. The van der Waals surface area contributed by atoms with Crippen LogP contribution in [0.2, 0.25) is 0 Å². The Labute approximate surface area is 165 Å². The van der Waals surface area contributed by atoms with Crippen molar-refractivity contribution in [1.29, 1.82) is 0 Å². The molecular weight excluding hydrogens is 352 g/mol. The second-order valence-corrected chi connectivity index (χ2v) is 6.61. The summed E-state index contributed by atoms with van der Waals surface area (Å²) in [6, 6.07) is 19.4. The molecule has 0 spiro atoms. The SMILES string of the molecule is CCN(CCCNC(=O)C1=NN(c2ccccc2)C(=O)CC1)c1ccccc1. The van der Waals surface area contributed by atoms with Crippen molar-refractivity contribution in [2.24, 2.45) is 5.10 Å². The van der Waals surface area contributed by atoms with Crippen LogP contribution in [-0.2, 0) is 9.59 Å². The highest BCUT2D eigenvalue weighted by molar-refractivity contribution is 6.40. The van der Waals surface area contributed by atoms with Crippen molar-refractivity contribution in [2.45, 2.75) is 26.2 Å². The maximum atomic E-state index is 12.5. The molecule has 146 valence electrons. The number of hydrogen-bond acceptors (Lipinski definition) is 4. The van der Waals surface area contributed by atoms with Gasteiger partial charge in [0, 0.05) is 38.2 Å². The predicted molar refractivity (Wildman–Crippen MR) is 113 cm³/mol. The molecule has 2 amide bonds. The van der Waals surface area contributed by atoms with E-state index >= 15 is 0 Å². The van der Waals surface area contributed by atoms with E-state index < -0.39 is 0 Å². The lowest BCUT2D eigenvalue weighted by molar-refractivity contribution is -0.118. The Morgan fingerprint density at radius 3 is 2.43 bits per heavy atom. The summed E-state index contributed by atoms with van der Waals surface area (Å²) in [6.07, 6.45) is 1.50. The van der Waals surface area contributed by atoms with Gasteiger partial charge in [0.2, 0.25) is 5.91 Å². The second kappa shape index (κ2) is 9.69. The van der Waals surface area contributed by atoms with Crippen molar-refractivity contribution in [3.63, 3.8) is 0 Å². The average Bonchev–Trinajstić information content (AvgIpc) is 2.75. The minimum absolute atomic E-state index is 0.0933. The van der Waals surface area contributed by atoms with E-state index in [1.165, 1.54) is 10.7 Å². The Bertz CT molecular complexity index is 821. The van der Waals surface area contributed by atoms with Crippen LogP contribution in [0.15, 0.2) is 65.8 Å². The number of nitrogens with one attached hydrogen (secondary N) is 1. The van der Waals surface area contributed by atoms with Crippen molar-refractivity contribution in [3.05, 3.63) is 60.7 Å². The third-order valence-electron chi connectivity index (χ3n) is 4.69. The number of nitrogens with zero attached hydrogens (tertiary/aromatic N) is 3. The molecular formula is C22H26N4O2. The lowest BCUT2D eigenvalue weighted by Crippen LogP contribution is -2.40. The molecule has 6 heteroatoms. The van der Waals surface area contributed by atoms with Gasteiger partial charge in [-0.05, 0) is 37.6 Å². The van der Waals surface area contributed by atoms with E-state index in [0.717, 1.165) is 19.5 Å². The highest BCUT2D eigenvalue weighted by Crippen LogP contribution is 2.19. The first-order valence-corrected chi connectivity index (χ1v) is 9.72. The van der Waals surface area contributed by atoms with Crippen molar-refractivity contribution < 1.29 is 9.59 Å². The van der Waals surface area contributed by atoms with Gasteiger partial charge < -0.3 is 10.2 Å². The topological polar surface area (TPSA) is 65.0 Å². The van der Waals surface area contributed by atoms with Gasteiger partial charge >= 0.3 is 0 Å². The van der Waals surface area contributed by atoms with E-state index in [1.54, 1.807) is 0 Å². The molecule has 0 bridgehead atoms. The Balaban J connectivity index is 1.52. The van der Waals surface area contributed by atoms with Crippen LogP contribution in [-0.4, -0.2) is 37.2 Å². The summed E-state index contributed by atoms with van der Waals surface area (Å²) in [7, 11) is 0. The van der Waals surface area contributed by atoms with Gasteiger partial charge in [-0.1, -0.05) is 36.4 Å². The van der Waals surface area contributed by atoms with Crippen molar-refractivity contribution >= 4 is 28.9 Å². The van der Waals surface area contributed by atoms with Crippen molar-refractivity contribution in [3.8, 4) is 0 Å². The zero-order valence-electron chi connectivity index (χ0n) is 16.2. The standard InChI is InChI=1S/C22H26N4O2/c1-2-25(18-10-5-3-6-11-18)17-9-16-23-22(28)20-14-15-21(27)26(24-20)19-12-7-4-8-13-19/h3-8,10-13H,2,9,14-17H2,1H3,(H,23,28). The minimum Gasteiger partial charge on any atom is -0.372 e. The zero-order chi connectivity index (χ0) is 19.8. The maximum Gasteiger partial charge on any atom is 0.267 e. The summed E-state index contributed by atoms with van der Waals surface area (Å²) in [5, 5.41) is 8.55. The van der Waals surface area contributed by atoms with E-state index in [-0.39, 0.29) is 11.8 Å². The largest absolute Gasteiger partial charge is 0.372 e. The summed E-state index contributed by atoms with van der Waals surface area (Å²) in [5.41, 5.74) is 2.27. The number of carbonyl (C=O) groups is 2. The number of carbonyl (C=O) groups excluding carboxylic acids is 2. The van der Waals surface area contributed by atoms with Gasteiger partial charge in [0.25, 0.3) is 5.91 Å². The summed E-state index contributed by atoms with van der Waals surface area (Å²) < 4.78 is 0. The molecule has 1 heterocycles. The molecule has 0 saturated carbocycles. The van der Waals surface area contributed by atoms with E-state index in [1.807, 2.05) is 48.5 Å². The molecule has 1 aliphatic heterocycles. The average molecular weight is 378 g/mol. The maximum absolute atomic E-state index is 12.5. The van der Waals surface area contributed by atoms with Crippen LogP contribution in [0.1, 0.15) is 26.2 Å². The molecule has 0 unspecified atom stereocenters. The highest BCUT2D eigenvalue weighted by Gasteiger charge is 2.25.